The molecule has 14 nitrogen and oxygen atoms in total. The predicted octanol–water partition coefficient (Wildman–Crippen LogP) is -2.55. The number of carboxylic acid groups (broad SMARTS) is 2. The van der Waals surface area contributed by atoms with Gasteiger partial charge in [0.15, 0.2) is 5.96 Å². The number of carbonyl (C=O) groups is 5. The van der Waals surface area contributed by atoms with Crippen LogP contribution in [0.1, 0.15) is 46.5 Å². The smallest absolute Gasteiger partial charge is 0.326 e. The lowest BCUT2D eigenvalue weighted by atomic mass is 10.0. The van der Waals surface area contributed by atoms with Crippen LogP contribution in [-0.4, -0.2) is 76.5 Å². The molecule has 0 spiro atoms. The number of nitrogens with one attached hydrogen (secondary N) is 3. The minimum Gasteiger partial charge on any atom is -0.481 e. The first-order chi connectivity index (χ1) is 15.3. The maximum atomic E-state index is 12.7. The number of nitrogens with zero attached hydrogens (tertiary/aromatic N) is 1. The van der Waals surface area contributed by atoms with Crippen molar-refractivity contribution < 1.29 is 34.2 Å². The van der Waals surface area contributed by atoms with E-state index in [0.717, 1.165) is 0 Å². The van der Waals surface area contributed by atoms with Crippen molar-refractivity contribution in [3.63, 3.8) is 0 Å². The molecule has 0 aliphatic heterocycles. The summed E-state index contributed by atoms with van der Waals surface area (Å²) in [5, 5.41) is 25.0. The quantitative estimate of drug-likeness (QED) is 0.0701. The summed E-state index contributed by atoms with van der Waals surface area (Å²) in [4.78, 5) is 63.1. The molecule has 0 bridgehead atoms. The Kier molecular flexibility index (Phi) is 13.1. The number of aliphatic imine (C=N–C) groups is 1. The lowest BCUT2D eigenvalue weighted by Crippen LogP contribution is -2.56. The number of amides is 3. The van der Waals surface area contributed by atoms with Gasteiger partial charge in [-0.3, -0.25) is 24.2 Å². The van der Waals surface area contributed by atoms with Gasteiger partial charge in [-0.1, -0.05) is 13.8 Å². The van der Waals surface area contributed by atoms with Crippen LogP contribution in [0.25, 0.3) is 0 Å². The van der Waals surface area contributed by atoms with Crippen molar-refractivity contribution in [3.05, 3.63) is 0 Å². The first-order valence-electron chi connectivity index (χ1n) is 10.4. The molecule has 33 heavy (non-hydrogen) atoms. The van der Waals surface area contributed by atoms with E-state index in [2.05, 4.69) is 20.9 Å². The van der Waals surface area contributed by atoms with E-state index in [0.29, 0.717) is 6.42 Å². The Morgan fingerprint density at radius 2 is 1.42 bits per heavy atom. The summed E-state index contributed by atoms with van der Waals surface area (Å²) in [5.41, 5.74) is 16.4. The molecule has 0 heterocycles. The van der Waals surface area contributed by atoms with E-state index in [1.807, 2.05) is 0 Å². The Bertz CT molecular complexity index is 738. The van der Waals surface area contributed by atoms with E-state index < -0.39 is 60.2 Å². The second-order valence-corrected chi connectivity index (χ2v) is 7.84. The minimum absolute atomic E-state index is 0.122. The van der Waals surface area contributed by atoms with Crippen LogP contribution in [-0.2, 0) is 24.0 Å². The van der Waals surface area contributed by atoms with Gasteiger partial charge in [-0.25, -0.2) is 4.79 Å². The number of hydrogen-bond acceptors (Lipinski definition) is 7. The summed E-state index contributed by atoms with van der Waals surface area (Å²) in [6.45, 7) is 5.01. The number of nitrogens with two attached hydrogens (primary N) is 3. The van der Waals surface area contributed by atoms with Crippen LogP contribution in [0.15, 0.2) is 4.99 Å². The van der Waals surface area contributed by atoms with Crippen LogP contribution >= 0.6 is 0 Å². The molecular formula is C19H35N7O7. The average molecular weight is 474 g/mol. The maximum Gasteiger partial charge on any atom is 0.326 e. The van der Waals surface area contributed by atoms with Gasteiger partial charge in [0.25, 0.3) is 0 Å². The fraction of sp³-hybridized carbons (Fsp3) is 0.684. The first kappa shape index (κ1) is 29.6. The molecule has 0 aromatic heterocycles. The molecular weight excluding hydrogens is 438 g/mol. The highest BCUT2D eigenvalue weighted by Gasteiger charge is 2.28. The van der Waals surface area contributed by atoms with Gasteiger partial charge >= 0.3 is 11.9 Å². The Morgan fingerprint density at radius 1 is 0.848 bits per heavy atom. The molecule has 0 aromatic rings. The monoisotopic (exact) mass is 473 g/mol. The van der Waals surface area contributed by atoms with Crippen molar-refractivity contribution >= 4 is 35.6 Å². The van der Waals surface area contributed by atoms with Gasteiger partial charge in [-0.2, -0.15) is 0 Å². The predicted molar refractivity (Wildman–Crippen MR) is 119 cm³/mol. The molecule has 0 aromatic carbocycles. The first-order valence-corrected chi connectivity index (χ1v) is 10.4. The highest BCUT2D eigenvalue weighted by Crippen LogP contribution is 2.04. The summed E-state index contributed by atoms with van der Waals surface area (Å²) >= 11 is 0. The molecule has 0 fully saturated rings. The zero-order chi connectivity index (χ0) is 25.7. The fourth-order valence-electron chi connectivity index (χ4n) is 2.54. The SMILES string of the molecule is CC(NC(=O)C(CCCN=C(N)N)NC(=O)C(N)C(C)C)C(=O)NC(CCC(=O)O)C(=O)O. The van der Waals surface area contributed by atoms with E-state index in [4.69, 9.17) is 27.4 Å². The van der Waals surface area contributed by atoms with Gasteiger partial charge in [0.05, 0.1) is 6.04 Å². The van der Waals surface area contributed by atoms with Gasteiger partial charge in [-0.15, -0.1) is 0 Å². The zero-order valence-corrected chi connectivity index (χ0v) is 19.0. The normalized spacial score (nSPS) is 14.3. The number of carbonyl (C=O) groups excluding carboxylic acids is 3. The highest BCUT2D eigenvalue weighted by atomic mass is 16.4. The van der Waals surface area contributed by atoms with E-state index >= 15 is 0 Å². The van der Waals surface area contributed by atoms with Gasteiger partial charge in [0.2, 0.25) is 17.7 Å². The second kappa shape index (κ2) is 14.6. The van der Waals surface area contributed by atoms with Gasteiger partial charge < -0.3 is 43.4 Å². The zero-order valence-electron chi connectivity index (χ0n) is 19.0. The number of aliphatic carboxylic acids is 2. The summed E-state index contributed by atoms with van der Waals surface area (Å²) in [5.74, 6) is -4.99. The van der Waals surface area contributed by atoms with Gasteiger partial charge in [0.1, 0.15) is 18.1 Å². The largest absolute Gasteiger partial charge is 0.481 e. The molecule has 11 N–H and O–H groups in total. The Labute approximate surface area is 191 Å². The lowest BCUT2D eigenvalue weighted by molar-refractivity contribution is -0.143. The molecule has 0 aliphatic rings. The Morgan fingerprint density at radius 3 is 1.91 bits per heavy atom. The Hall–Kier alpha value is -3.42. The topological polar surface area (TPSA) is 252 Å². The van der Waals surface area contributed by atoms with Crippen LogP contribution in [0.2, 0.25) is 0 Å². The molecule has 0 rings (SSSR count). The van der Waals surface area contributed by atoms with Crippen molar-refractivity contribution in [1.82, 2.24) is 16.0 Å². The minimum atomic E-state index is -1.44. The van der Waals surface area contributed by atoms with Crippen molar-refractivity contribution in [1.29, 1.82) is 0 Å². The molecule has 3 amide bonds. The van der Waals surface area contributed by atoms with Crippen molar-refractivity contribution in [2.45, 2.75) is 70.6 Å². The van der Waals surface area contributed by atoms with E-state index in [1.54, 1.807) is 13.8 Å². The number of carboxylic acids is 2. The van der Waals surface area contributed by atoms with E-state index in [9.17, 15) is 24.0 Å². The molecule has 14 heteroatoms. The number of hydrogen-bond donors (Lipinski definition) is 8. The van der Waals surface area contributed by atoms with E-state index in [1.165, 1.54) is 6.92 Å². The summed E-state index contributed by atoms with van der Waals surface area (Å²) in [6, 6.07) is -4.51. The standard InChI is InChI=1S/C19H35N7O7/c1-9(2)14(20)17(31)25-11(5-4-8-23-19(21)22)16(30)24-10(3)15(29)26-12(18(32)33)6-7-13(27)28/h9-12,14H,4-8,20H2,1-3H3,(H,24,30)(H,25,31)(H,26,29)(H,27,28)(H,32,33)(H4,21,22,23). The van der Waals surface area contributed by atoms with E-state index in [-0.39, 0.29) is 31.3 Å². The summed E-state index contributed by atoms with van der Waals surface area (Å²) in [7, 11) is 0. The Balaban J connectivity index is 5.18. The lowest BCUT2D eigenvalue weighted by Gasteiger charge is -2.24. The average Bonchev–Trinajstić information content (AvgIpc) is 2.71. The third-order valence-corrected chi connectivity index (χ3v) is 4.61. The molecule has 0 saturated heterocycles. The van der Waals surface area contributed by atoms with Crippen LogP contribution in [0.4, 0.5) is 0 Å². The van der Waals surface area contributed by atoms with Crippen molar-refractivity contribution in [2.24, 2.45) is 28.1 Å². The summed E-state index contributed by atoms with van der Waals surface area (Å²) < 4.78 is 0. The van der Waals surface area contributed by atoms with Crippen LogP contribution < -0.4 is 33.2 Å². The molecule has 0 aliphatic carbocycles. The second-order valence-electron chi connectivity index (χ2n) is 7.84. The van der Waals surface area contributed by atoms with Gasteiger partial charge in [0, 0.05) is 13.0 Å². The molecule has 0 radical (unpaired) electrons. The number of rotatable bonds is 15. The molecule has 4 atom stereocenters. The summed E-state index contributed by atoms with van der Waals surface area (Å²) in [6.07, 6.45) is -0.306. The third kappa shape index (κ3) is 12.3. The van der Waals surface area contributed by atoms with Gasteiger partial charge in [-0.05, 0) is 32.1 Å². The number of guanidine groups is 1. The fourth-order valence-corrected chi connectivity index (χ4v) is 2.54. The van der Waals surface area contributed by atoms with Crippen LogP contribution in [0.3, 0.4) is 0 Å². The van der Waals surface area contributed by atoms with Crippen molar-refractivity contribution in [2.75, 3.05) is 6.54 Å². The third-order valence-electron chi connectivity index (χ3n) is 4.61. The van der Waals surface area contributed by atoms with Crippen LogP contribution in [0.5, 0.6) is 0 Å². The highest BCUT2D eigenvalue weighted by molar-refractivity contribution is 5.94. The maximum absolute atomic E-state index is 12.7. The van der Waals surface area contributed by atoms with Crippen LogP contribution in [0, 0.1) is 5.92 Å². The van der Waals surface area contributed by atoms with Crippen molar-refractivity contribution in [3.8, 4) is 0 Å². The molecule has 0 saturated carbocycles. The molecule has 4 unspecified atom stereocenters. The molecule has 188 valence electrons.